The van der Waals surface area contributed by atoms with Crippen molar-refractivity contribution in [1.29, 1.82) is 0 Å². The van der Waals surface area contributed by atoms with E-state index in [9.17, 15) is 14.4 Å². The number of benzene rings is 1. The Balaban J connectivity index is 1.30. The standard InChI is InChI=1S/C26H31Br2NO4/c1-12(2)16-9-4-13(3)10-19(16)33-26(32)14-5-7-15(8-6-14)29-24(30)20-17-11-18(21(20)25(29)31)23(28)22(17)27/h5-8,12-13,16-23H,4,9-11H2,1-3H3/t13-,16+,17-,18+,19+,20+,21-,22-,23+/m0/s1. The molecular weight excluding hydrogens is 550 g/mol. The average molecular weight is 581 g/mol. The first-order valence-electron chi connectivity index (χ1n) is 12.2. The molecule has 0 aromatic heterocycles. The maximum absolute atomic E-state index is 13.2. The average Bonchev–Trinajstić information content (AvgIpc) is 3.38. The maximum Gasteiger partial charge on any atom is 0.338 e. The fourth-order valence-corrected chi connectivity index (χ4v) is 8.68. The number of imide groups is 1. The minimum absolute atomic E-state index is 0.0630. The van der Waals surface area contributed by atoms with Gasteiger partial charge in [0.2, 0.25) is 11.8 Å². The van der Waals surface area contributed by atoms with Crippen LogP contribution in [0.4, 0.5) is 5.69 Å². The van der Waals surface area contributed by atoms with Crippen LogP contribution < -0.4 is 4.90 Å². The molecule has 0 radical (unpaired) electrons. The van der Waals surface area contributed by atoms with E-state index in [0.29, 0.717) is 29.0 Å². The molecule has 1 aromatic rings. The van der Waals surface area contributed by atoms with E-state index in [1.807, 2.05) is 0 Å². The molecule has 33 heavy (non-hydrogen) atoms. The minimum atomic E-state index is -0.329. The van der Waals surface area contributed by atoms with Crippen LogP contribution in [0.5, 0.6) is 0 Å². The molecule has 4 fully saturated rings. The predicted octanol–water partition coefficient (Wildman–Crippen LogP) is 5.59. The molecule has 9 atom stereocenters. The molecule has 1 saturated heterocycles. The van der Waals surface area contributed by atoms with Gasteiger partial charge in [-0.1, -0.05) is 59.1 Å². The highest BCUT2D eigenvalue weighted by molar-refractivity contribution is 9.12. The summed E-state index contributed by atoms with van der Waals surface area (Å²) in [5.41, 5.74) is 0.999. The molecule has 0 unspecified atom stereocenters. The largest absolute Gasteiger partial charge is 0.458 e. The molecule has 7 heteroatoms. The molecule has 1 aliphatic heterocycles. The summed E-state index contributed by atoms with van der Waals surface area (Å²) in [7, 11) is 0. The van der Waals surface area contributed by atoms with Crippen LogP contribution in [-0.2, 0) is 14.3 Å². The Kier molecular flexibility index (Phi) is 6.26. The summed E-state index contributed by atoms with van der Waals surface area (Å²) in [4.78, 5) is 41.1. The van der Waals surface area contributed by atoms with Crippen LogP contribution in [0.3, 0.4) is 0 Å². The quantitative estimate of drug-likeness (QED) is 0.265. The van der Waals surface area contributed by atoms with Crippen LogP contribution in [-0.4, -0.2) is 33.5 Å². The fourth-order valence-electron chi connectivity index (χ4n) is 6.81. The summed E-state index contributed by atoms with van der Waals surface area (Å²) in [5.74, 6) is 0.760. The number of carbonyl (C=O) groups is 3. The molecule has 178 valence electrons. The number of nitrogens with zero attached hydrogens (tertiary/aromatic N) is 1. The van der Waals surface area contributed by atoms with Gasteiger partial charge in [-0.05, 0) is 73.1 Å². The van der Waals surface area contributed by atoms with Gasteiger partial charge in [0.25, 0.3) is 0 Å². The summed E-state index contributed by atoms with van der Waals surface area (Å²) in [6.07, 6.45) is 4.02. The molecule has 0 spiro atoms. The van der Waals surface area contributed by atoms with Crippen molar-refractivity contribution >= 4 is 55.3 Å². The van der Waals surface area contributed by atoms with Gasteiger partial charge < -0.3 is 4.74 Å². The summed E-state index contributed by atoms with van der Waals surface area (Å²) < 4.78 is 5.95. The lowest BCUT2D eigenvalue weighted by molar-refractivity contribution is -0.123. The van der Waals surface area contributed by atoms with Gasteiger partial charge in [-0.25, -0.2) is 4.79 Å². The molecule has 1 heterocycles. The zero-order chi connectivity index (χ0) is 23.6. The third-order valence-corrected chi connectivity index (χ3v) is 11.8. The molecule has 2 amide bonds. The Morgan fingerprint density at radius 2 is 1.55 bits per heavy atom. The predicted molar refractivity (Wildman–Crippen MR) is 133 cm³/mol. The topological polar surface area (TPSA) is 63.7 Å². The SMILES string of the molecule is CC(C)[C@H]1CC[C@H](C)C[C@H]1OC(=O)c1ccc(N2C(=O)[C@@H]3[C@@H]4C[C@@H]([C@@H](Br)[C@H]4Br)[C@@H]3C2=O)cc1. The van der Waals surface area contributed by atoms with Crippen molar-refractivity contribution in [2.75, 3.05) is 4.90 Å². The number of carbonyl (C=O) groups excluding carboxylic acids is 3. The lowest BCUT2D eigenvalue weighted by Crippen LogP contribution is -2.37. The van der Waals surface area contributed by atoms with E-state index in [4.69, 9.17) is 4.74 Å². The van der Waals surface area contributed by atoms with Crippen LogP contribution in [0.15, 0.2) is 24.3 Å². The Hall–Kier alpha value is -1.21. The van der Waals surface area contributed by atoms with Crippen molar-refractivity contribution in [1.82, 2.24) is 0 Å². The number of alkyl halides is 2. The Bertz CT molecular complexity index is 932. The van der Waals surface area contributed by atoms with Crippen LogP contribution in [0, 0.1) is 41.4 Å². The van der Waals surface area contributed by atoms with Gasteiger partial charge in [0.05, 0.1) is 23.1 Å². The summed E-state index contributed by atoms with van der Waals surface area (Å²) in [6.45, 7) is 6.60. The van der Waals surface area contributed by atoms with Crippen molar-refractivity contribution in [3.63, 3.8) is 0 Å². The highest BCUT2D eigenvalue weighted by atomic mass is 79.9. The van der Waals surface area contributed by atoms with E-state index in [1.165, 1.54) is 11.3 Å². The number of fused-ring (bicyclic) bond motifs is 5. The molecule has 4 aliphatic rings. The van der Waals surface area contributed by atoms with Crippen molar-refractivity contribution in [2.24, 2.45) is 41.4 Å². The summed E-state index contributed by atoms with van der Waals surface area (Å²) >= 11 is 7.45. The van der Waals surface area contributed by atoms with Gasteiger partial charge in [0, 0.05) is 9.65 Å². The zero-order valence-corrected chi connectivity index (χ0v) is 22.4. The first kappa shape index (κ1) is 23.5. The Labute approximate surface area is 212 Å². The van der Waals surface area contributed by atoms with Gasteiger partial charge in [0.1, 0.15) is 6.10 Å². The number of halogens is 2. The van der Waals surface area contributed by atoms with Crippen LogP contribution in [0.25, 0.3) is 0 Å². The van der Waals surface area contributed by atoms with E-state index < -0.39 is 0 Å². The van der Waals surface area contributed by atoms with E-state index in [2.05, 4.69) is 52.6 Å². The summed E-state index contributed by atoms with van der Waals surface area (Å²) in [5, 5.41) is 0. The fraction of sp³-hybridized carbons (Fsp3) is 0.654. The monoisotopic (exact) mass is 579 g/mol. The number of hydrogen-bond acceptors (Lipinski definition) is 4. The molecular formula is C26H31Br2NO4. The van der Waals surface area contributed by atoms with E-state index in [1.54, 1.807) is 24.3 Å². The number of ether oxygens (including phenoxy) is 1. The Morgan fingerprint density at radius 1 is 0.970 bits per heavy atom. The lowest BCUT2D eigenvalue weighted by Gasteiger charge is -2.36. The normalized spacial score (nSPS) is 39.9. The lowest BCUT2D eigenvalue weighted by atomic mass is 9.75. The van der Waals surface area contributed by atoms with Crippen molar-refractivity contribution < 1.29 is 19.1 Å². The van der Waals surface area contributed by atoms with Crippen molar-refractivity contribution in [2.45, 2.75) is 62.2 Å². The summed E-state index contributed by atoms with van der Waals surface area (Å²) in [6, 6.07) is 6.77. The van der Waals surface area contributed by atoms with E-state index in [0.717, 1.165) is 19.3 Å². The smallest absolute Gasteiger partial charge is 0.338 e. The minimum Gasteiger partial charge on any atom is -0.458 e. The van der Waals surface area contributed by atoms with Gasteiger partial charge in [-0.15, -0.1) is 0 Å². The maximum atomic E-state index is 13.2. The van der Waals surface area contributed by atoms with Gasteiger partial charge in [-0.2, -0.15) is 0 Å². The van der Waals surface area contributed by atoms with Crippen LogP contribution >= 0.6 is 31.9 Å². The zero-order valence-electron chi connectivity index (χ0n) is 19.2. The number of anilines is 1. The highest BCUT2D eigenvalue weighted by Crippen LogP contribution is 2.60. The first-order chi connectivity index (χ1) is 15.7. The molecule has 3 aliphatic carbocycles. The van der Waals surface area contributed by atoms with Crippen LogP contribution in [0.2, 0.25) is 0 Å². The molecule has 5 rings (SSSR count). The van der Waals surface area contributed by atoms with Crippen LogP contribution in [0.1, 0.15) is 56.8 Å². The van der Waals surface area contributed by atoms with Crippen molar-refractivity contribution in [3.8, 4) is 0 Å². The van der Waals surface area contributed by atoms with Gasteiger partial charge in [0.15, 0.2) is 0 Å². The van der Waals surface area contributed by atoms with Crippen molar-refractivity contribution in [3.05, 3.63) is 29.8 Å². The first-order valence-corrected chi connectivity index (χ1v) is 14.0. The number of rotatable bonds is 4. The molecule has 3 saturated carbocycles. The Morgan fingerprint density at radius 3 is 2.09 bits per heavy atom. The molecule has 5 nitrogen and oxygen atoms in total. The second-order valence-corrected chi connectivity index (χ2v) is 12.9. The number of hydrogen-bond donors (Lipinski definition) is 0. The molecule has 2 bridgehead atoms. The van der Waals surface area contributed by atoms with E-state index >= 15 is 0 Å². The molecule has 0 N–H and O–H groups in total. The van der Waals surface area contributed by atoms with E-state index in [-0.39, 0.29) is 57.2 Å². The van der Waals surface area contributed by atoms with Gasteiger partial charge in [-0.3, -0.25) is 14.5 Å². The molecule has 1 aromatic carbocycles. The number of esters is 1. The van der Waals surface area contributed by atoms with Gasteiger partial charge >= 0.3 is 5.97 Å². The number of amides is 2. The third-order valence-electron chi connectivity index (χ3n) is 8.57. The third kappa shape index (κ3) is 3.81. The second-order valence-electron chi connectivity index (χ2n) is 10.8. The second kappa shape index (κ2) is 8.78. The highest BCUT2D eigenvalue weighted by Gasteiger charge is 2.66.